The van der Waals surface area contributed by atoms with Crippen LogP contribution < -0.4 is 0 Å². The van der Waals surface area contributed by atoms with Gasteiger partial charge in [-0.15, -0.1) is 0 Å². The predicted octanol–water partition coefficient (Wildman–Crippen LogP) is 2.72. The highest BCUT2D eigenvalue weighted by Crippen LogP contribution is 2.19. The Kier molecular flexibility index (Phi) is 2.04. The molecular formula is C12H9N3O. The van der Waals surface area contributed by atoms with Crippen molar-refractivity contribution in [3.8, 4) is 0 Å². The third-order valence-electron chi connectivity index (χ3n) is 2.43. The van der Waals surface area contributed by atoms with Crippen LogP contribution in [0.2, 0.25) is 0 Å². The number of benzene rings is 1. The van der Waals surface area contributed by atoms with Crippen LogP contribution in [0.25, 0.3) is 23.1 Å². The van der Waals surface area contributed by atoms with E-state index in [1.165, 1.54) is 5.39 Å². The first-order chi connectivity index (χ1) is 7.93. The molecule has 0 saturated heterocycles. The van der Waals surface area contributed by atoms with E-state index in [-0.39, 0.29) is 0 Å². The Bertz CT molecular complexity index is 623. The van der Waals surface area contributed by atoms with Gasteiger partial charge < -0.3 is 4.98 Å². The largest absolute Gasteiger partial charge is 0.361 e. The highest BCUT2D eigenvalue weighted by Gasteiger charge is 1.99. The molecule has 0 atom stereocenters. The number of fused-ring (bicyclic) bond motifs is 1. The highest BCUT2D eigenvalue weighted by molar-refractivity contribution is 5.91. The van der Waals surface area contributed by atoms with Gasteiger partial charge in [0.1, 0.15) is 5.69 Å². The van der Waals surface area contributed by atoms with Gasteiger partial charge >= 0.3 is 0 Å². The molecule has 0 radical (unpaired) electrons. The van der Waals surface area contributed by atoms with E-state index in [0.29, 0.717) is 5.69 Å². The number of H-pyrrole nitrogens is 1. The number of aromatic nitrogens is 3. The summed E-state index contributed by atoms with van der Waals surface area (Å²) in [6, 6.07) is 8.15. The molecule has 2 aromatic heterocycles. The van der Waals surface area contributed by atoms with Gasteiger partial charge in [0.25, 0.3) is 0 Å². The fraction of sp³-hybridized carbons (Fsp3) is 0. The van der Waals surface area contributed by atoms with Gasteiger partial charge in [-0.1, -0.05) is 34.6 Å². The van der Waals surface area contributed by atoms with Crippen molar-refractivity contribution in [3.63, 3.8) is 0 Å². The molecule has 0 spiro atoms. The Labute approximate surface area is 91.6 Å². The second kappa shape index (κ2) is 3.66. The topological polar surface area (TPSA) is 54.7 Å². The fourth-order valence-corrected chi connectivity index (χ4v) is 1.65. The zero-order valence-electron chi connectivity index (χ0n) is 8.42. The molecule has 0 aliphatic heterocycles. The Morgan fingerprint density at radius 3 is 3.00 bits per heavy atom. The van der Waals surface area contributed by atoms with Gasteiger partial charge in [-0.25, -0.2) is 4.63 Å². The molecule has 78 valence electrons. The smallest absolute Gasteiger partial charge is 0.127 e. The lowest BCUT2D eigenvalue weighted by atomic mass is 10.1. The lowest BCUT2D eigenvalue weighted by Gasteiger charge is -1.89. The number of aromatic amines is 1. The number of hydrogen-bond acceptors (Lipinski definition) is 3. The zero-order chi connectivity index (χ0) is 10.8. The standard InChI is InChI=1S/C12H9N3O/c1-2-4-12-11(3-1)9(7-13-12)5-6-10-8-14-16-15-10/h1-8,13H/b6-5+. The van der Waals surface area contributed by atoms with E-state index in [4.69, 9.17) is 0 Å². The molecule has 0 aliphatic rings. The van der Waals surface area contributed by atoms with Crippen LogP contribution in [-0.2, 0) is 0 Å². The molecule has 0 amide bonds. The molecule has 2 heterocycles. The van der Waals surface area contributed by atoms with Gasteiger partial charge in [-0.2, -0.15) is 0 Å². The van der Waals surface area contributed by atoms with Crippen LogP contribution in [0.4, 0.5) is 0 Å². The van der Waals surface area contributed by atoms with Crippen LogP contribution in [0.1, 0.15) is 11.3 Å². The van der Waals surface area contributed by atoms with Crippen molar-refractivity contribution in [2.75, 3.05) is 0 Å². The maximum absolute atomic E-state index is 4.51. The van der Waals surface area contributed by atoms with Crippen LogP contribution in [0.15, 0.2) is 41.3 Å². The van der Waals surface area contributed by atoms with E-state index in [1.54, 1.807) is 6.20 Å². The maximum atomic E-state index is 4.51. The van der Waals surface area contributed by atoms with Crippen molar-refractivity contribution >= 4 is 23.1 Å². The second-order valence-electron chi connectivity index (χ2n) is 3.46. The number of para-hydroxylation sites is 1. The summed E-state index contributed by atoms with van der Waals surface area (Å²) in [5.41, 5.74) is 2.96. The highest BCUT2D eigenvalue weighted by atomic mass is 16.6. The summed E-state index contributed by atoms with van der Waals surface area (Å²) in [5.74, 6) is 0. The third kappa shape index (κ3) is 1.50. The van der Waals surface area contributed by atoms with E-state index >= 15 is 0 Å². The van der Waals surface area contributed by atoms with Gasteiger partial charge in [0.05, 0.1) is 6.20 Å². The molecule has 16 heavy (non-hydrogen) atoms. The first kappa shape index (κ1) is 8.91. The Morgan fingerprint density at radius 1 is 1.19 bits per heavy atom. The van der Waals surface area contributed by atoms with Gasteiger partial charge in [-0.05, 0) is 17.7 Å². The maximum Gasteiger partial charge on any atom is 0.127 e. The third-order valence-corrected chi connectivity index (χ3v) is 2.43. The van der Waals surface area contributed by atoms with Crippen LogP contribution in [0.3, 0.4) is 0 Å². The van der Waals surface area contributed by atoms with E-state index in [9.17, 15) is 0 Å². The number of nitrogens with zero attached hydrogens (tertiary/aromatic N) is 2. The monoisotopic (exact) mass is 211 g/mol. The summed E-state index contributed by atoms with van der Waals surface area (Å²) in [5, 5.41) is 8.44. The van der Waals surface area contributed by atoms with Crippen LogP contribution in [0.5, 0.6) is 0 Å². The van der Waals surface area contributed by atoms with Crippen LogP contribution >= 0.6 is 0 Å². The molecule has 4 heteroatoms. The quantitative estimate of drug-likeness (QED) is 0.709. The minimum absolute atomic E-state index is 0.713. The van der Waals surface area contributed by atoms with Gasteiger partial charge in [0, 0.05) is 17.1 Å². The molecule has 0 unspecified atom stereocenters. The van der Waals surface area contributed by atoms with E-state index in [0.717, 1.165) is 11.1 Å². The average molecular weight is 211 g/mol. The zero-order valence-corrected chi connectivity index (χ0v) is 8.42. The summed E-state index contributed by atoms with van der Waals surface area (Å²) in [7, 11) is 0. The van der Waals surface area contributed by atoms with Crippen molar-refractivity contribution in [2.24, 2.45) is 0 Å². The van der Waals surface area contributed by atoms with Gasteiger partial charge in [0.15, 0.2) is 0 Å². The first-order valence-electron chi connectivity index (χ1n) is 4.95. The molecule has 1 N–H and O–H groups in total. The number of rotatable bonds is 2. The summed E-state index contributed by atoms with van der Waals surface area (Å²) in [6.07, 6.45) is 7.39. The number of hydrogen-bond donors (Lipinski definition) is 1. The molecule has 0 saturated carbocycles. The summed E-state index contributed by atoms with van der Waals surface area (Å²) in [4.78, 5) is 3.21. The lowest BCUT2D eigenvalue weighted by molar-refractivity contribution is 0.306. The molecule has 3 rings (SSSR count). The van der Waals surface area contributed by atoms with Crippen molar-refractivity contribution in [2.45, 2.75) is 0 Å². The van der Waals surface area contributed by atoms with Crippen molar-refractivity contribution in [1.29, 1.82) is 0 Å². The van der Waals surface area contributed by atoms with E-state index in [2.05, 4.69) is 26.0 Å². The average Bonchev–Trinajstić information content (AvgIpc) is 2.96. The molecular weight excluding hydrogens is 202 g/mol. The molecule has 1 aromatic carbocycles. The Balaban J connectivity index is 2.01. The van der Waals surface area contributed by atoms with Crippen molar-refractivity contribution < 1.29 is 4.63 Å². The molecule has 0 bridgehead atoms. The van der Waals surface area contributed by atoms with E-state index < -0.39 is 0 Å². The SMILES string of the molecule is C(=C\c1c[nH]c2ccccc12)/c1cnon1. The normalized spacial score (nSPS) is 11.5. The number of nitrogens with one attached hydrogen (secondary N) is 1. The molecule has 4 nitrogen and oxygen atoms in total. The Hall–Kier alpha value is -2.36. The minimum Gasteiger partial charge on any atom is -0.361 e. The summed E-state index contributed by atoms with van der Waals surface area (Å²) < 4.78 is 4.51. The lowest BCUT2D eigenvalue weighted by Crippen LogP contribution is -1.69. The Morgan fingerprint density at radius 2 is 2.12 bits per heavy atom. The van der Waals surface area contributed by atoms with Gasteiger partial charge in [-0.3, -0.25) is 0 Å². The van der Waals surface area contributed by atoms with Gasteiger partial charge in [0.2, 0.25) is 0 Å². The van der Waals surface area contributed by atoms with Crippen molar-refractivity contribution in [3.05, 3.63) is 47.9 Å². The molecule has 0 aliphatic carbocycles. The molecule has 3 aromatic rings. The van der Waals surface area contributed by atoms with Crippen molar-refractivity contribution in [1.82, 2.24) is 15.3 Å². The minimum atomic E-state index is 0.713. The molecule has 0 fully saturated rings. The van der Waals surface area contributed by atoms with Crippen LogP contribution in [0, 0.1) is 0 Å². The first-order valence-corrected chi connectivity index (χ1v) is 4.95. The second-order valence-corrected chi connectivity index (χ2v) is 3.46. The van der Waals surface area contributed by atoms with Crippen LogP contribution in [-0.4, -0.2) is 15.3 Å². The predicted molar refractivity (Wildman–Crippen MR) is 61.5 cm³/mol. The summed E-state index contributed by atoms with van der Waals surface area (Å²) in [6.45, 7) is 0. The summed E-state index contributed by atoms with van der Waals surface area (Å²) >= 11 is 0. The fourth-order valence-electron chi connectivity index (χ4n) is 1.65. The van der Waals surface area contributed by atoms with E-state index in [1.807, 2.05) is 36.5 Å².